The zero-order chi connectivity index (χ0) is 19.8. The first-order valence-corrected chi connectivity index (χ1v) is 8.76. The second-order valence-corrected chi connectivity index (χ2v) is 6.60. The molecule has 4 aromatic rings. The van der Waals surface area contributed by atoms with E-state index in [-0.39, 0.29) is 23.2 Å². The van der Waals surface area contributed by atoms with Crippen LogP contribution in [-0.2, 0) is 6.54 Å². The molecule has 0 unspecified atom stereocenters. The lowest BCUT2D eigenvalue weighted by molar-refractivity contribution is -0.384. The van der Waals surface area contributed by atoms with Crippen LogP contribution >= 0.6 is 11.6 Å². The van der Waals surface area contributed by atoms with Gasteiger partial charge >= 0.3 is 0 Å². The molecule has 4 rings (SSSR count). The number of benzene rings is 2. The maximum absolute atomic E-state index is 12.8. The molecule has 0 saturated carbocycles. The molecule has 2 aromatic heterocycles. The minimum Gasteiger partial charge on any atom is -0.294 e. The Labute approximate surface area is 163 Å². The van der Waals surface area contributed by atoms with Crippen LogP contribution in [0.1, 0.15) is 11.3 Å². The highest BCUT2D eigenvalue weighted by molar-refractivity contribution is 6.30. The lowest BCUT2D eigenvalue weighted by Crippen LogP contribution is -2.21. The van der Waals surface area contributed by atoms with Crippen molar-refractivity contribution in [2.75, 3.05) is 0 Å². The summed E-state index contributed by atoms with van der Waals surface area (Å²) in [6.07, 6.45) is 1.41. The standard InChI is InChI=1S/C19H14ClN5O3/c1-12-16(18(20)24(22-12)13-5-3-2-4-6-13)10-23-11-21-17-8-7-14(25(27)28)9-15(17)19(23)26/h2-9,11H,10H2,1H3. The minimum atomic E-state index is -0.541. The van der Waals surface area contributed by atoms with Crippen LogP contribution in [0.2, 0.25) is 5.15 Å². The number of fused-ring (bicyclic) bond motifs is 1. The Balaban J connectivity index is 1.79. The van der Waals surface area contributed by atoms with Crippen LogP contribution in [0.15, 0.2) is 59.7 Å². The van der Waals surface area contributed by atoms with Crippen LogP contribution < -0.4 is 5.56 Å². The summed E-state index contributed by atoms with van der Waals surface area (Å²) >= 11 is 6.53. The third-order valence-electron chi connectivity index (χ3n) is 4.47. The van der Waals surface area contributed by atoms with Crippen LogP contribution in [0.25, 0.3) is 16.6 Å². The molecule has 0 fully saturated rings. The van der Waals surface area contributed by atoms with Crippen molar-refractivity contribution < 1.29 is 4.92 Å². The Hall–Kier alpha value is -3.52. The van der Waals surface area contributed by atoms with Crippen molar-refractivity contribution in [1.82, 2.24) is 19.3 Å². The number of aromatic nitrogens is 4. The fourth-order valence-electron chi connectivity index (χ4n) is 2.99. The summed E-state index contributed by atoms with van der Waals surface area (Å²) in [5.74, 6) is 0. The van der Waals surface area contributed by atoms with E-state index in [1.165, 1.54) is 29.1 Å². The third kappa shape index (κ3) is 3.03. The van der Waals surface area contributed by atoms with Gasteiger partial charge in [-0.3, -0.25) is 19.5 Å². The molecular weight excluding hydrogens is 382 g/mol. The molecule has 0 amide bonds. The first-order chi connectivity index (χ1) is 13.5. The van der Waals surface area contributed by atoms with Crippen LogP contribution in [-0.4, -0.2) is 24.3 Å². The zero-order valence-corrected chi connectivity index (χ0v) is 15.5. The van der Waals surface area contributed by atoms with Gasteiger partial charge in [-0.25, -0.2) is 9.67 Å². The molecule has 0 aliphatic carbocycles. The van der Waals surface area contributed by atoms with Crippen LogP contribution in [0.3, 0.4) is 0 Å². The normalized spacial score (nSPS) is 11.1. The summed E-state index contributed by atoms with van der Waals surface area (Å²) in [5, 5.41) is 16.1. The van der Waals surface area contributed by atoms with Gasteiger partial charge in [0.1, 0.15) is 5.15 Å². The first kappa shape index (κ1) is 17.9. The number of non-ortho nitro benzene ring substituents is 1. The number of nitro groups is 1. The molecule has 8 nitrogen and oxygen atoms in total. The number of aryl methyl sites for hydroxylation is 1. The molecule has 0 saturated heterocycles. The largest absolute Gasteiger partial charge is 0.294 e. The van der Waals surface area contributed by atoms with Gasteiger partial charge in [0.15, 0.2) is 0 Å². The lowest BCUT2D eigenvalue weighted by Gasteiger charge is -2.07. The average Bonchev–Trinajstić information content (AvgIpc) is 2.98. The number of hydrogen-bond donors (Lipinski definition) is 0. The van der Waals surface area contributed by atoms with E-state index in [1.54, 1.807) is 4.68 Å². The summed E-state index contributed by atoms with van der Waals surface area (Å²) in [6, 6.07) is 13.4. The average molecular weight is 396 g/mol. The predicted molar refractivity (Wildman–Crippen MR) is 105 cm³/mol. The molecular formula is C19H14ClN5O3. The van der Waals surface area contributed by atoms with Crippen molar-refractivity contribution in [3.05, 3.63) is 91.7 Å². The Morgan fingerprint density at radius 3 is 2.64 bits per heavy atom. The summed E-state index contributed by atoms with van der Waals surface area (Å²) < 4.78 is 2.98. The van der Waals surface area contributed by atoms with Crippen molar-refractivity contribution >= 4 is 28.2 Å². The molecule has 0 radical (unpaired) electrons. The SMILES string of the molecule is Cc1nn(-c2ccccc2)c(Cl)c1Cn1cnc2ccc([N+](=O)[O-])cc2c1=O. The Morgan fingerprint density at radius 1 is 1.18 bits per heavy atom. The van der Waals surface area contributed by atoms with Crippen LogP contribution in [0, 0.1) is 17.0 Å². The number of rotatable bonds is 4. The van der Waals surface area contributed by atoms with Gasteiger partial charge in [0.25, 0.3) is 11.2 Å². The van der Waals surface area contributed by atoms with E-state index in [4.69, 9.17) is 11.6 Å². The molecule has 0 atom stereocenters. The Morgan fingerprint density at radius 2 is 1.93 bits per heavy atom. The number of para-hydroxylation sites is 1. The van der Waals surface area contributed by atoms with Crippen molar-refractivity contribution in [2.24, 2.45) is 0 Å². The topological polar surface area (TPSA) is 95.8 Å². The molecule has 0 aliphatic heterocycles. The fraction of sp³-hybridized carbons (Fsp3) is 0.105. The third-order valence-corrected chi connectivity index (χ3v) is 4.86. The second kappa shape index (κ2) is 6.90. The van der Waals surface area contributed by atoms with Crippen molar-refractivity contribution in [2.45, 2.75) is 13.5 Å². The monoisotopic (exact) mass is 395 g/mol. The van der Waals surface area contributed by atoms with Gasteiger partial charge in [0.2, 0.25) is 0 Å². The van der Waals surface area contributed by atoms with E-state index in [2.05, 4.69) is 10.1 Å². The molecule has 140 valence electrons. The predicted octanol–water partition coefficient (Wildman–Crippen LogP) is 3.50. The Bertz CT molecular complexity index is 1260. The quantitative estimate of drug-likeness (QED) is 0.389. The van der Waals surface area contributed by atoms with Gasteiger partial charge in [-0.05, 0) is 25.1 Å². The fourth-order valence-corrected chi connectivity index (χ4v) is 3.33. The minimum absolute atomic E-state index is 0.155. The van der Waals surface area contributed by atoms with Gasteiger partial charge in [-0.1, -0.05) is 29.8 Å². The summed E-state index contributed by atoms with van der Waals surface area (Å²) in [5.41, 5.74) is 2.03. The van der Waals surface area contributed by atoms with E-state index in [9.17, 15) is 14.9 Å². The molecule has 0 bridgehead atoms. The lowest BCUT2D eigenvalue weighted by atomic mass is 10.2. The van der Waals surface area contributed by atoms with Crippen molar-refractivity contribution in [3.8, 4) is 5.69 Å². The van der Waals surface area contributed by atoms with E-state index in [0.717, 1.165) is 5.69 Å². The molecule has 0 aliphatic rings. The van der Waals surface area contributed by atoms with E-state index < -0.39 is 4.92 Å². The van der Waals surface area contributed by atoms with Crippen LogP contribution in [0.5, 0.6) is 0 Å². The van der Waals surface area contributed by atoms with Crippen molar-refractivity contribution in [1.29, 1.82) is 0 Å². The van der Waals surface area contributed by atoms with Gasteiger partial charge in [-0.2, -0.15) is 5.10 Å². The van der Waals surface area contributed by atoms with Gasteiger partial charge in [0, 0.05) is 17.7 Å². The molecule has 2 aromatic carbocycles. The molecule has 28 heavy (non-hydrogen) atoms. The van der Waals surface area contributed by atoms with Crippen molar-refractivity contribution in [3.63, 3.8) is 0 Å². The highest BCUT2D eigenvalue weighted by atomic mass is 35.5. The number of halogens is 1. The van der Waals surface area contributed by atoms with Gasteiger partial charge in [0.05, 0.1) is 40.1 Å². The molecule has 2 heterocycles. The van der Waals surface area contributed by atoms with E-state index in [0.29, 0.717) is 21.9 Å². The number of nitrogens with zero attached hydrogens (tertiary/aromatic N) is 5. The highest BCUT2D eigenvalue weighted by Crippen LogP contribution is 2.24. The smallest absolute Gasteiger partial charge is 0.270 e. The van der Waals surface area contributed by atoms with E-state index in [1.807, 2.05) is 37.3 Å². The second-order valence-electron chi connectivity index (χ2n) is 6.24. The number of nitro benzene ring substituents is 1. The van der Waals surface area contributed by atoms with Gasteiger partial charge in [-0.15, -0.1) is 0 Å². The first-order valence-electron chi connectivity index (χ1n) is 8.38. The summed E-state index contributed by atoms with van der Waals surface area (Å²) in [6.45, 7) is 1.97. The maximum Gasteiger partial charge on any atom is 0.270 e. The van der Waals surface area contributed by atoms with Crippen LogP contribution in [0.4, 0.5) is 5.69 Å². The summed E-state index contributed by atoms with van der Waals surface area (Å²) in [4.78, 5) is 27.5. The zero-order valence-electron chi connectivity index (χ0n) is 14.7. The van der Waals surface area contributed by atoms with E-state index >= 15 is 0 Å². The molecule has 0 N–H and O–H groups in total. The maximum atomic E-state index is 12.8. The van der Waals surface area contributed by atoms with Gasteiger partial charge < -0.3 is 0 Å². The number of hydrogen-bond acceptors (Lipinski definition) is 5. The highest BCUT2D eigenvalue weighted by Gasteiger charge is 2.17. The molecule has 0 spiro atoms. The Kier molecular flexibility index (Phi) is 4.40. The summed E-state index contributed by atoms with van der Waals surface area (Å²) in [7, 11) is 0. The molecule has 9 heteroatoms.